The molecule has 0 atom stereocenters. The minimum Gasteiger partial charge on any atom is -0.478 e. The summed E-state index contributed by atoms with van der Waals surface area (Å²) in [5.74, 6) is -1.17. The van der Waals surface area contributed by atoms with Gasteiger partial charge in [0.15, 0.2) is 0 Å². The molecule has 0 aliphatic heterocycles. The number of hydrogen-bond donors (Lipinski definition) is 2. The predicted octanol–water partition coefficient (Wildman–Crippen LogP) is 2.22. The normalized spacial score (nSPS) is 17.2. The molecular formula is C15H19NO4S. The summed E-state index contributed by atoms with van der Waals surface area (Å²) in [6.07, 6.45) is 5.99. The minimum absolute atomic E-state index is 0.151. The number of aliphatic hydroxyl groups is 1. The van der Waals surface area contributed by atoms with Gasteiger partial charge in [-0.05, 0) is 25.0 Å². The summed E-state index contributed by atoms with van der Waals surface area (Å²) in [6.45, 7) is 0.335. The van der Waals surface area contributed by atoms with Gasteiger partial charge in [0.2, 0.25) is 0 Å². The number of nitrogens with zero attached hydrogens (tertiary/aromatic N) is 1. The maximum absolute atomic E-state index is 12.3. The SMILES string of the molecule is CN(CC1(O)CCCC1)C(=O)c1csc(/C=C/C(=O)O)c1. The maximum atomic E-state index is 12.3. The lowest BCUT2D eigenvalue weighted by Crippen LogP contribution is -2.41. The third-order valence-corrected chi connectivity index (χ3v) is 4.57. The van der Waals surface area contributed by atoms with Crippen molar-refractivity contribution in [2.75, 3.05) is 13.6 Å². The van der Waals surface area contributed by atoms with Crippen molar-refractivity contribution in [3.8, 4) is 0 Å². The summed E-state index contributed by atoms with van der Waals surface area (Å²) in [7, 11) is 1.68. The minimum atomic E-state index is -1.02. The molecule has 1 heterocycles. The number of aliphatic carboxylic acids is 1. The Morgan fingerprint density at radius 3 is 2.71 bits per heavy atom. The number of carboxylic acids is 1. The molecule has 0 bridgehead atoms. The van der Waals surface area contributed by atoms with Gasteiger partial charge in [0.05, 0.1) is 11.2 Å². The molecule has 1 aromatic heterocycles. The Balaban J connectivity index is 2.00. The zero-order valence-electron chi connectivity index (χ0n) is 11.9. The number of rotatable bonds is 5. The van der Waals surface area contributed by atoms with Crippen LogP contribution in [-0.2, 0) is 4.79 Å². The Bertz CT molecular complexity index is 558. The Morgan fingerprint density at radius 1 is 1.43 bits per heavy atom. The lowest BCUT2D eigenvalue weighted by atomic mass is 10.0. The number of carbonyl (C=O) groups is 2. The van der Waals surface area contributed by atoms with Crippen LogP contribution in [0, 0.1) is 0 Å². The lowest BCUT2D eigenvalue weighted by Gasteiger charge is -2.28. The number of hydrogen-bond acceptors (Lipinski definition) is 4. The van der Waals surface area contributed by atoms with Gasteiger partial charge in [-0.15, -0.1) is 11.3 Å². The first-order chi connectivity index (χ1) is 9.89. The highest BCUT2D eigenvalue weighted by atomic mass is 32.1. The molecule has 1 aromatic rings. The first-order valence-corrected chi connectivity index (χ1v) is 7.75. The Hall–Kier alpha value is -1.66. The number of amides is 1. The van der Waals surface area contributed by atoms with Crippen LogP contribution >= 0.6 is 11.3 Å². The fourth-order valence-electron chi connectivity index (χ4n) is 2.63. The van der Waals surface area contributed by atoms with Crippen molar-refractivity contribution in [2.24, 2.45) is 0 Å². The van der Waals surface area contributed by atoms with Crippen LogP contribution in [0.15, 0.2) is 17.5 Å². The van der Waals surface area contributed by atoms with E-state index in [1.165, 1.54) is 22.3 Å². The number of thiophene rings is 1. The van der Waals surface area contributed by atoms with E-state index in [0.29, 0.717) is 17.0 Å². The predicted molar refractivity (Wildman–Crippen MR) is 81.4 cm³/mol. The smallest absolute Gasteiger partial charge is 0.328 e. The van der Waals surface area contributed by atoms with Gasteiger partial charge < -0.3 is 15.1 Å². The highest BCUT2D eigenvalue weighted by Crippen LogP contribution is 2.30. The van der Waals surface area contributed by atoms with Crippen molar-refractivity contribution in [3.63, 3.8) is 0 Å². The van der Waals surface area contributed by atoms with Gasteiger partial charge in [0.25, 0.3) is 5.91 Å². The van der Waals surface area contributed by atoms with Crippen LogP contribution in [0.5, 0.6) is 0 Å². The van der Waals surface area contributed by atoms with Gasteiger partial charge in [-0.2, -0.15) is 0 Å². The Morgan fingerprint density at radius 2 is 2.10 bits per heavy atom. The second kappa shape index (κ2) is 6.41. The standard InChI is InChI=1S/C15H19NO4S/c1-16(10-15(20)6-2-3-7-15)14(19)11-8-12(21-9-11)4-5-13(17)18/h4-5,8-9,20H,2-3,6-7,10H2,1H3,(H,17,18)/b5-4+. The average molecular weight is 309 g/mol. The molecule has 0 saturated heterocycles. The fourth-order valence-corrected chi connectivity index (χ4v) is 3.40. The van der Waals surface area contributed by atoms with E-state index in [1.807, 2.05) is 0 Å². The van der Waals surface area contributed by atoms with E-state index in [-0.39, 0.29) is 5.91 Å². The van der Waals surface area contributed by atoms with Gasteiger partial charge in [0, 0.05) is 29.9 Å². The molecule has 1 aliphatic rings. The van der Waals surface area contributed by atoms with Crippen LogP contribution in [-0.4, -0.2) is 46.2 Å². The third-order valence-electron chi connectivity index (χ3n) is 3.67. The molecule has 0 aromatic carbocycles. The Labute approximate surface area is 127 Å². The summed E-state index contributed by atoms with van der Waals surface area (Å²) in [6, 6.07) is 1.67. The van der Waals surface area contributed by atoms with E-state index >= 15 is 0 Å². The molecule has 2 rings (SSSR count). The average Bonchev–Trinajstić information content (AvgIpc) is 3.04. The van der Waals surface area contributed by atoms with Crippen LogP contribution in [0.4, 0.5) is 0 Å². The fraction of sp³-hybridized carbons (Fsp3) is 0.467. The molecule has 21 heavy (non-hydrogen) atoms. The zero-order chi connectivity index (χ0) is 15.5. The van der Waals surface area contributed by atoms with Crippen LogP contribution in [0.2, 0.25) is 0 Å². The maximum Gasteiger partial charge on any atom is 0.328 e. The van der Waals surface area contributed by atoms with Gasteiger partial charge in [0.1, 0.15) is 0 Å². The van der Waals surface area contributed by atoms with Crippen LogP contribution < -0.4 is 0 Å². The molecule has 0 unspecified atom stereocenters. The van der Waals surface area contributed by atoms with Crippen LogP contribution in [0.25, 0.3) is 6.08 Å². The van der Waals surface area contributed by atoms with Gasteiger partial charge in [-0.1, -0.05) is 12.8 Å². The quantitative estimate of drug-likeness (QED) is 0.818. The van der Waals surface area contributed by atoms with E-state index in [0.717, 1.165) is 31.8 Å². The van der Waals surface area contributed by atoms with E-state index in [4.69, 9.17) is 5.11 Å². The van der Waals surface area contributed by atoms with Crippen molar-refractivity contribution in [1.82, 2.24) is 4.90 Å². The molecule has 0 radical (unpaired) electrons. The highest BCUT2D eigenvalue weighted by Gasteiger charge is 2.33. The first kappa shape index (κ1) is 15.7. The number of carbonyl (C=O) groups excluding carboxylic acids is 1. The van der Waals surface area contributed by atoms with Crippen LogP contribution in [0.3, 0.4) is 0 Å². The molecule has 2 N–H and O–H groups in total. The zero-order valence-corrected chi connectivity index (χ0v) is 12.7. The monoisotopic (exact) mass is 309 g/mol. The molecule has 1 aliphatic carbocycles. The van der Waals surface area contributed by atoms with Crippen molar-refractivity contribution < 1.29 is 19.8 Å². The van der Waals surface area contributed by atoms with Crippen molar-refractivity contribution in [2.45, 2.75) is 31.3 Å². The first-order valence-electron chi connectivity index (χ1n) is 6.87. The third kappa shape index (κ3) is 4.15. The summed E-state index contributed by atoms with van der Waals surface area (Å²) in [5, 5.41) is 20.6. The molecule has 114 valence electrons. The highest BCUT2D eigenvalue weighted by molar-refractivity contribution is 7.11. The molecule has 1 fully saturated rings. The van der Waals surface area contributed by atoms with E-state index in [9.17, 15) is 14.7 Å². The molecule has 5 nitrogen and oxygen atoms in total. The van der Waals surface area contributed by atoms with Gasteiger partial charge in [-0.25, -0.2) is 4.79 Å². The molecular weight excluding hydrogens is 290 g/mol. The largest absolute Gasteiger partial charge is 0.478 e. The lowest BCUT2D eigenvalue weighted by molar-refractivity contribution is -0.131. The summed E-state index contributed by atoms with van der Waals surface area (Å²) in [4.78, 5) is 25.0. The molecule has 0 spiro atoms. The summed E-state index contributed by atoms with van der Waals surface area (Å²) >= 11 is 1.32. The topological polar surface area (TPSA) is 77.8 Å². The van der Waals surface area contributed by atoms with Gasteiger partial charge in [-0.3, -0.25) is 4.79 Å². The number of likely N-dealkylation sites (N-methyl/N-ethyl adjacent to an activating group) is 1. The van der Waals surface area contributed by atoms with Crippen molar-refractivity contribution >= 4 is 29.3 Å². The van der Waals surface area contributed by atoms with E-state index < -0.39 is 11.6 Å². The van der Waals surface area contributed by atoms with Gasteiger partial charge >= 0.3 is 5.97 Å². The molecule has 1 saturated carbocycles. The van der Waals surface area contributed by atoms with Crippen LogP contribution in [0.1, 0.15) is 40.9 Å². The summed E-state index contributed by atoms with van der Waals surface area (Å²) in [5.41, 5.74) is -0.235. The second-order valence-electron chi connectivity index (χ2n) is 5.50. The molecule has 1 amide bonds. The van der Waals surface area contributed by atoms with Crippen molar-refractivity contribution in [3.05, 3.63) is 28.0 Å². The van der Waals surface area contributed by atoms with E-state index in [2.05, 4.69) is 0 Å². The summed E-state index contributed by atoms with van der Waals surface area (Å²) < 4.78 is 0. The van der Waals surface area contributed by atoms with E-state index in [1.54, 1.807) is 18.5 Å². The van der Waals surface area contributed by atoms with Crippen molar-refractivity contribution in [1.29, 1.82) is 0 Å². The number of carboxylic acid groups (broad SMARTS) is 1. The second-order valence-corrected chi connectivity index (χ2v) is 6.44. The molecule has 6 heteroatoms. The Kier molecular flexibility index (Phi) is 4.80.